The number of fused-ring (bicyclic) bond motifs is 1. The molecule has 0 atom stereocenters. The fraction of sp³-hybridized carbons (Fsp3) is 0.455. The minimum atomic E-state index is 0.0676. The summed E-state index contributed by atoms with van der Waals surface area (Å²) in [5.74, 6) is 2.47. The van der Waals surface area contributed by atoms with E-state index in [2.05, 4.69) is 27.9 Å². The number of benzene rings is 1. The first-order chi connectivity index (χ1) is 14.1. The normalized spacial score (nSPS) is 17.1. The van der Waals surface area contributed by atoms with E-state index in [1.54, 1.807) is 20.4 Å². The van der Waals surface area contributed by atoms with Gasteiger partial charge in [0.25, 0.3) is 5.91 Å². The van der Waals surface area contributed by atoms with Crippen molar-refractivity contribution in [3.05, 3.63) is 47.2 Å². The Labute approximate surface area is 171 Å². The van der Waals surface area contributed by atoms with Gasteiger partial charge in [0.2, 0.25) is 0 Å². The summed E-state index contributed by atoms with van der Waals surface area (Å²) in [6.45, 7) is 5.00. The number of nitrogens with zero attached hydrogens (tertiary/aromatic N) is 4. The number of methoxy groups -OCH3 is 2. The number of anilines is 1. The zero-order chi connectivity index (χ0) is 20.4. The molecule has 154 valence electrons. The van der Waals surface area contributed by atoms with Crippen LogP contribution in [0.4, 0.5) is 5.82 Å². The molecular weight excluding hydrogens is 368 g/mol. The summed E-state index contributed by atoms with van der Waals surface area (Å²) in [5.41, 5.74) is 3.15. The maximum Gasteiger partial charge on any atom is 0.255 e. The summed E-state index contributed by atoms with van der Waals surface area (Å²) in [5, 5.41) is 0. The van der Waals surface area contributed by atoms with Crippen molar-refractivity contribution in [1.29, 1.82) is 0 Å². The molecule has 1 fully saturated rings. The second-order valence-corrected chi connectivity index (χ2v) is 7.65. The molecule has 0 bridgehead atoms. The molecule has 0 N–H and O–H groups in total. The van der Waals surface area contributed by atoms with Crippen molar-refractivity contribution >= 4 is 11.7 Å². The molecule has 1 aromatic heterocycles. The molecule has 3 heterocycles. The third kappa shape index (κ3) is 4.00. The molecule has 1 saturated heterocycles. The number of amides is 1. The monoisotopic (exact) mass is 396 g/mol. The summed E-state index contributed by atoms with van der Waals surface area (Å²) in [6.07, 6.45) is 2.62. The largest absolute Gasteiger partial charge is 0.493 e. The minimum Gasteiger partial charge on any atom is -0.493 e. The number of hydrogen-bond acceptors (Lipinski definition) is 6. The lowest BCUT2D eigenvalue weighted by Gasteiger charge is -2.32. The molecule has 0 saturated carbocycles. The standard InChI is InChI=1S/C22H28N4O3/c1-24-8-10-25(11-9-24)22(27)17-4-5-21(23-14-17)26-7-6-16-12-19(28-2)20(29-3)13-18(16)15-26/h4-5,12-14H,6-11,15H2,1-3H3. The van der Waals surface area contributed by atoms with E-state index in [9.17, 15) is 4.79 Å². The van der Waals surface area contributed by atoms with Crippen LogP contribution in [-0.4, -0.2) is 74.7 Å². The number of pyridine rings is 1. The molecule has 2 aliphatic rings. The van der Waals surface area contributed by atoms with E-state index >= 15 is 0 Å². The Morgan fingerprint density at radius 3 is 2.28 bits per heavy atom. The predicted molar refractivity (Wildman–Crippen MR) is 112 cm³/mol. The molecule has 4 rings (SSSR count). The Kier molecular flexibility index (Phi) is 5.58. The van der Waals surface area contributed by atoms with Crippen molar-refractivity contribution < 1.29 is 14.3 Å². The van der Waals surface area contributed by atoms with Gasteiger partial charge in [-0.3, -0.25) is 4.79 Å². The number of carbonyl (C=O) groups is 1. The molecule has 0 unspecified atom stereocenters. The molecule has 0 aliphatic carbocycles. The van der Waals surface area contributed by atoms with Crippen molar-refractivity contribution in [2.45, 2.75) is 13.0 Å². The number of hydrogen-bond donors (Lipinski definition) is 0. The highest BCUT2D eigenvalue weighted by atomic mass is 16.5. The molecule has 0 radical (unpaired) electrons. The maximum absolute atomic E-state index is 12.7. The number of rotatable bonds is 4. The zero-order valence-electron chi connectivity index (χ0n) is 17.4. The average Bonchev–Trinajstić information content (AvgIpc) is 2.78. The molecule has 7 heteroatoms. The maximum atomic E-state index is 12.7. The van der Waals surface area contributed by atoms with E-state index in [1.165, 1.54) is 11.1 Å². The minimum absolute atomic E-state index is 0.0676. The Morgan fingerprint density at radius 2 is 1.66 bits per heavy atom. The van der Waals surface area contributed by atoms with E-state index < -0.39 is 0 Å². The summed E-state index contributed by atoms with van der Waals surface area (Å²) in [4.78, 5) is 23.7. The smallest absolute Gasteiger partial charge is 0.255 e. The Balaban J connectivity index is 1.47. The van der Waals surface area contributed by atoms with Gasteiger partial charge in [-0.15, -0.1) is 0 Å². The zero-order valence-corrected chi connectivity index (χ0v) is 17.4. The Bertz CT molecular complexity index is 876. The van der Waals surface area contributed by atoms with E-state index in [4.69, 9.17) is 9.47 Å². The highest BCUT2D eigenvalue weighted by molar-refractivity contribution is 5.94. The van der Waals surface area contributed by atoms with E-state index in [1.807, 2.05) is 23.1 Å². The highest BCUT2D eigenvalue weighted by Gasteiger charge is 2.23. The number of ether oxygens (including phenoxy) is 2. The van der Waals surface area contributed by atoms with Gasteiger partial charge in [-0.25, -0.2) is 4.98 Å². The highest BCUT2D eigenvalue weighted by Crippen LogP contribution is 2.34. The molecule has 7 nitrogen and oxygen atoms in total. The van der Waals surface area contributed by atoms with Gasteiger partial charge in [0.1, 0.15) is 5.82 Å². The molecule has 1 aromatic carbocycles. The van der Waals surface area contributed by atoms with Gasteiger partial charge >= 0.3 is 0 Å². The summed E-state index contributed by atoms with van der Waals surface area (Å²) in [6, 6.07) is 7.96. The summed E-state index contributed by atoms with van der Waals surface area (Å²) >= 11 is 0. The van der Waals surface area contributed by atoms with Gasteiger partial charge in [-0.2, -0.15) is 0 Å². The van der Waals surface area contributed by atoms with Gasteiger partial charge in [0.05, 0.1) is 19.8 Å². The number of aromatic nitrogens is 1. The van der Waals surface area contributed by atoms with Crippen molar-refractivity contribution in [1.82, 2.24) is 14.8 Å². The van der Waals surface area contributed by atoms with Crippen molar-refractivity contribution in [2.75, 3.05) is 58.9 Å². The Morgan fingerprint density at radius 1 is 0.966 bits per heavy atom. The van der Waals surface area contributed by atoms with Crippen LogP contribution >= 0.6 is 0 Å². The van der Waals surface area contributed by atoms with Crippen molar-refractivity contribution in [2.24, 2.45) is 0 Å². The SMILES string of the molecule is COc1cc2c(cc1OC)CN(c1ccc(C(=O)N3CCN(C)CC3)cn1)CC2. The molecule has 2 aromatic rings. The van der Waals surface area contributed by atoms with E-state index in [-0.39, 0.29) is 5.91 Å². The quantitative estimate of drug-likeness (QED) is 0.789. The summed E-state index contributed by atoms with van der Waals surface area (Å²) in [7, 11) is 5.40. The first kappa shape index (κ1) is 19.5. The van der Waals surface area contributed by atoms with Crippen molar-refractivity contribution in [3.63, 3.8) is 0 Å². The topological polar surface area (TPSA) is 58.1 Å². The number of carbonyl (C=O) groups excluding carboxylic acids is 1. The molecular formula is C22H28N4O3. The third-order valence-electron chi connectivity index (χ3n) is 5.83. The van der Waals surface area contributed by atoms with Gasteiger partial charge < -0.3 is 24.2 Å². The van der Waals surface area contributed by atoms with Crippen LogP contribution in [0, 0.1) is 0 Å². The molecule has 1 amide bonds. The lowest BCUT2D eigenvalue weighted by atomic mass is 9.98. The fourth-order valence-corrected chi connectivity index (χ4v) is 3.97. The van der Waals surface area contributed by atoms with Crippen molar-refractivity contribution in [3.8, 4) is 11.5 Å². The second-order valence-electron chi connectivity index (χ2n) is 7.65. The molecule has 2 aliphatic heterocycles. The lowest BCUT2D eigenvalue weighted by Crippen LogP contribution is -2.47. The van der Waals surface area contributed by atoms with Crippen LogP contribution in [0.15, 0.2) is 30.5 Å². The number of piperazine rings is 1. The van der Waals surface area contributed by atoms with Crippen LogP contribution < -0.4 is 14.4 Å². The van der Waals surface area contributed by atoms with E-state index in [0.29, 0.717) is 5.56 Å². The third-order valence-corrected chi connectivity index (χ3v) is 5.83. The predicted octanol–water partition coefficient (Wildman–Crippen LogP) is 2.05. The van der Waals surface area contributed by atoms with Gasteiger partial charge in [-0.05, 0) is 48.9 Å². The van der Waals surface area contributed by atoms with Crippen LogP contribution in [-0.2, 0) is 13.0 Å². The van der Waals surface area contributed by atoms with E-state index in [0.717, 1.165) is 63.0 Å². The van der Waals surface area contributed by atoms with Gasteiger partial charge in [-0.1, -0.05) is 0 Å². The van der Waals surface area contributed by atoms with Crippen LogP contribution in [0.3, 0.4) is 0 Å². The second kappa shape index (κ2) is 8.29. The fourth-order valence-electron chi connectivity index (χ4n) is 3.97. The Hall–Kier alpha value is -2.80. The van der Waals surface area contributed by atoms with Gasteiger partial charge in [0.15, 0.2) is 11.5 Å². The van der Waals surface area contributed by atoms with Gasteiger partial charge in [0, 0.05) is 45.5 Å². The number of likely N-dealkylation sites (N-methyl/N-ethyl adjacent to an activating group) is 1. The molecule has 29 heavy (non-hydrogen) atoms. The van der Waals surface area contributed by atoms with Crippen LogP contribution in [0.1, 0.15) is 21.5 Å². The average molecular weight is 396 g/mol. The first-order valence-electron chi connectivity index (χ1n) is 10.0. The lowest BCUT2D eigenvalue weighted by molar-refractivity contribution is 0.0663. The van der Waals surface area contributed by atoms with Crippen LogP contribution in [0.25, 0.3) is 0 Å². The van der Waals surface area contributed by atoms with Crippen LogP contribution in [0.2, 0.25) is 0 Å². The molecule has 0 spiro atoms. The van der Waals surface area contributed by atoms with Crippen LogP contribution in [0.5, 0.6) is 11.5 Å². The summed E-state index contributed by atoms with van der Waals surface area (Å²) < 4.78 is 10.9. The first-order valence-corrected chi connectivity index (χ1v) is 10.0.